The van der Waals surface area contributed by atoms with E-state index < -0.39 is 0 Å². The lowest BCUT2D eigenvalue weighted by molar-refractivity contribution is 0.257. The van der Waals surface area contributed by atoms with Crippen LogP contribution in [0.2, 0.25) is 0 Å². The molecule has 1 rings (SSSR count). The van der Waals surface area contributed by atoms with Crippen LogP contribution in [0.5, 0.6) is 5.75 Å². The van der Waals surface area contributed by atoms with Gasteiger partial charge in [-0.15, -0.1) is 0 Å². The summed E-state index contributed by atoms with van der Waals surface area (Å²) in [5.74, 6) is 1.50. The molecule has 96 valence electrons. The molecule has 17 heavy (non-hydrogen) atoms. The van der Waals surface area contributed by atoms with Crippen LogP contribution in [0.1, 0.15) is 33.3 Å². The fourth-order valence-electron chi connectivity index (χ4n) is 1.70. The van der Waals surface area contributed by atoms with Crippen molar-refractivity contribution >= 4 is 0 Å². The van der Waals surface area contributed by atoms with Crippen LogP contribution in [-0.2, 0) is 5.41 Å². The maximum absolute atomic E-state index is 5.82. The van der Waals surface area contributed by atoms with Crippen LogP contribution in [0.4, 0.5) is 0 Å². The molecule has 1 N–H and O–H groups in total. The van der Waals surface area contributed by atoms with Gasteiger partial charge < -0.3 is 10.1 Å². The quantitative estimate of drug-likeness (QED) is 0.846. The van der Waals surface area contributed by atoms with Gasteiger partial charge in [-0.25, -0.2) is 0 Å². The summed E-state index contributed by atoms with van der Waals surface area (Å²) in [7, 11) is 1.97. The van der Waals surface area contributed by atoms with Crippen molar-refractivity contribution in [1.29, 1.82) is 0 Å². The van der Waals surface area contributed by atoms with E-state index >= 15 is 0 Å². The summed E-state index contributed by atoms with van der Waals surface area (Å²) in [4.78, 5) is 0. The Balaban J connectivity index is 2.60. The van der Waals surface area contributed by atoms with E-state index in [0.717, 1.165) is 18.9 Å². The van der Waals surface area contributed by atoms with Gasteiger partial charge >= 0.3 is 0 Å². The number of rotatable bonds is 5. The normalized spacial score (nSPS) is 13.5. The molecule has 0 aliphatic rings. The molecule has 1 aromatic carbocycles. The third-order valence-electron chi connectivity index (χ3n) is 2.79. The van der Waals surface area contributed by atoms with Crippen LogP contribution in [0.3, 0.4) is 0 Å². The van der Waals surface area contributed by atoms with E-state index in [1.54, 1.807) is 0 Å². The molecule has 0 bridgehead atoms. The molecule has 0 radical (unpaired) electrons. The van der Waals surface area contributed by atoms with Crippen molar-refractivity contribution < 1.29 is 4.74 Å². The molecule has 1 atom stereocenters. The predicted molar refractivity (Wildman–Crippen MR) is 73.7 cm³/mol. The first kappa shape index (κ1) is 14.0. The minimum atomic E-state index is 0.177. The molecule has 1 unspecified atom stereocenters. The number of benzene rings is 1. The highest BCUT2D eigenvalue weighted by Gasteiger charge is 2.14. The largest absolute Gasteiger partial charge is 0.493 e. The van der Waals surface area contributed by atoms with Gasteiger partial charge in [-0.2, -0.15) is 0 Å². The first-order chi connectivity index (χ1) is 7.93. The maximum Gasteiger partial charge on any atom is 0.119 e. The van der Waals surface area contributed by atoms with Crippen LogP contribution in [0.15, 0.2) is 24.3 Å². The number of hydrogen-bond acceptors (Lipinski definition) is 2. The van der Waals surface area contributed by atoms with Crippen LogP contribution >= 0.6 is 0 Å². The van der Waals surface area contributed by atoms with Gasteiger partial charge in [0.25, 0.3) is 0 Å². The van der Waals surface area contributed by atoms with E-state index in [4.69, 9.17) is 4.74 Å². The van der Waals surface area contributed by atoms with Crippen molar-refractivity contribution in [1.82, 2.24) is 5.32 Å². The fraction of sp³-hybridized carbons (Fsp3) is 0.600. The van der Waals surface area contributed by atoms with Crippen molar-refractivity contribution in [2.45, 2.75) is 33.1 Å². The van der Waals surface area contributed by atoms with E-state index in [2.05, 4.69) is 51.2 Å². The van der Waals surface area contributed by atoms with Crippen LogP contribution < -0.4 is 10.1 Å². The first-order valence-electron chi connectivity index (χ1n) is 6.31. The SMILES string of the molecule is CNCC(C)COc1cccc(C(C)(C)C)c1. The Morgan fingerprint density at radius 3 is 2.59 bits per heavy atom. The maximum atomic E-state index is 5.82. The molecule has 0 saturated carbocycles. The van der Waals surface area contributed by atoms with Crippen molar-refractivity contribution in [2.75, 3.05) is 20.2 Å². The smallest absolute Gasteiger partial charge is 0.119 e. The summed E-state index contributed by atoms with van der Waals surface area (Å²) in [6, 6.07) is 8.40. The molecule has 0 aliphatic carbocycles. The Labute approximate surface area is 105 Å². The van der Waals surface area contributed by atoms with Crippen molar-refractivity contribution in [3.63, 3.8) is 0 Å². The number of ether oxygens (including phenoxy) is 1. The molecule has 0 saturated heterocycles. The molecule has 0 aliphatic heterocycles. The van der Waals surface area contributed by atoms with Crippen LogP contribution in [-0.4, -0.2) is 20.2 Å². The molecule has 0 amide bonds. The first-order valence-corrected chi connectivity index (χ1v) is 6.31. The van der Waals surface area contributed by atoms with Crippen molar-refractivity contribution in [3.8, 4) is 5.75 Å². The second-order valence-electron chi connectivity index (χ2n) is 5.75. The Morgan fingerprint density at radius 2 is 2.00 bits per heavy atom. The highest BCUT2D eigenvalue weighted by atomic mass is 16.5. The standard InChI is InChI=1S/C15H25NO/c1-12(10-16-5)11-17-14-8-6-7-13(9-14)15(2,3)4/h6-9,12,16H,10-11H2,1-5H3. The van der Waals surface area contributed by atoms with Gasteiger partial charge in [0.1, 0.15) is 5.75 Å². The lowest BCUT2D eigenvalue weighted by Gasteiger charge is -2.20. The highest BCUT2D eigenvalue weighted by Crippen LogP contribution is 2.25. The van der Waals surface area contributed by atoms with Gasteiger partial charge in [-0.05, 0) is 30.2 Å². The minimum absolute atomic E-state index is 0.177. The highest BCUT2D eigenvalue weighted by molar-refractivity contribution is 5.32. The number of hydrogen-bond donors (Lipinski definition) is 1. The van der Waals surface area contributed by atoms with E-state index in [1.165, 1.54) is 5.56 Å². The van der Waals surface area contributed by atoms with E-state index in [1.807, 2.05) is 13.1 Å². The van der Waals surface area contributed by atoms with Crippen LogP contribution in [0.25, 0.3) is 0 Å². The van der Waals surface area contributed by atoms with Crippen molar-refractivity contribution in [2.24, 2.45) is 5.92 Å². The van der Waals surface area contributed by atoms with E-state index in [0.29, 0.717) is 5.92 Å². The lowest BCUT2D eigenvalue weighted by Crippen LogP contribution is -2.21. The third-order valence-corrected chi connectivity index (χ3v) is 2.79. The van der Waals surface area contributed by atoms with Gasteiger partial charge in [-0.1, -0.05) is 39.8 Å². The molecule has 2 heteroatoms. The molecule has 0 fully saturated rings. The zero-order valence-electron chi connectivity index (χ0n) is 11.7. The van der Waals surface area contributed by atoms with Crippen LogP contribution in [0, 0.1) is 5.92 Å². The molecular formula is C15H25NO. The average Bonchev–Trinajstić information content (AvgIpc) is 2.26. The molecule has 0 aromatic heterocycles. The second-order valence-corrected chi connectivity index (χ2v) is 5.75. The Kier molecular flexibility index (Phi) is 5.01. The Hall–Kier alpha value is -1.02. The lowest BCUT2D eigenvalue weighted by atomic mass is 9.87. The monoisotopic (exact) mass is 235 g/mol. The van der Waals surface area contributed by atoms with E-state index in [9.17, 15) is 0 Å². The van der Waals surface area contributed by atoms with Crippen molar-refractivity contribution in [3.05, 3.63) is 29.8 Å². The van der Waals surface area contributed by atoms with Gasteiger partial charge in [0.2, 0.25) is 0 Å². The Bertz CT molecular complexity index is 341. The van der Waals surface area contributed by atoms with Gasteiger partial charge in [0.15, 0.2) is 0 Å². The van der Waals surface area contributed by atoms with Gasteiger partial charge in [0.05, 0.1) is 6.61 Å². The molecule has 2 nitrogen and oxygen atoms in total. The summed E-state index contributed by atoms with van der Waals surface area (Å²) in [5, 5.41) is 3.16. The van der Waals surface area contributed by atoms with E-state index in [-0.39, 0.29) is 5.41 Å². The Morgan fingerprint density at radius 1 is 1.29 bits per heavy atom. The number of nitrogens with one attached hydrogen (secondary N) is 1. The zero-order valence-corrected chi connectivity index (χ0v) is 11.7. The van der Waals surface area contributed by atoms with Gasteiger partial charge in [0, 0.05) is 12.5 Å². The fourth-order valence-corrected chi connectivity index (χ4v) is 1.70. The second kappa shape index (κ2) is 6.06. The summed E-state index contributed by atoms with van der Waals surface area (Å²) in [6.07, 6.45) is 0. The summed E-state index contributed by atoms with van der Waals surface area (Å²) < 4.78 is 5.82. The molecular weight excluding hydrogens is 210 g/mol. The van der Waals surface area contributed by atoms with Gasteiger partial charge in [-0.3, -0.25) is 0 Å². The third kappa shape index (κ3) is 4.78. The predicted octanol–water partition coefficient (Wildman–Crippen LogP) is 3.22. The zero-order chi connectivity index (χ0) is 12.9. The summed E-state index contributed by atoms with van der Waals surface area (Å²) in [5.41, 5.74) is 1.49. The molecule has 0 heterocycles. The summed E-state index contributed by atoms with van der Waals surface area (Å²) >= 11 is 0. The topological polar surface area (TPSA) is 21.3 Å². The minimum Gasteiger partial charge on any atom is -0.493 e. The summed E-state index contributed by atoms with van der Waals surface area (Å²) in [6.45, 7) is 10.6. The molecule has 1 aromatic rings. The molecule has 0 spiro atoms. The average molecular weight is 235 g/mol.